The molecule has 5 heteroatoms. The summed E-state index contributed by atoms with van der Waals surface area (Å²) in [6.07, 6.45) is 6.73. The maximum atomic E-state index is 11.7. The molecule has 4 nitrogen and oxygen atoms in total. The van der Waals surface area contributed by atoms with Crippen LogP contribution in [0.4, 0.5) is 5.00 Å². The van der Waals surface area contributed by atoms with Crippen LogP contribution in [0.25, 0.3) is 5.57 Å². The summed E-state index contributed by atoms with van der Waals surface area (Å²) >= 11 is 1.66. The minimum Gasteiger partial charge on any atom is -0.313 e. The molecule has 1 aromatic heterocycles. The average molecular weight is 261 g/mol. The van der Waals surface area contributed by atoms with Gasteiger partial charge in [0.2, 0.25) is 0 Å². The van der Waals surface area contributed by atoms with Gasteiger partial charge in [0.1, 0.15) is 5.00 Å². The van der Waals surface area contributed by atoms with Crippen molar-refractivity contribution in [1.29, 1.82) is 0 Å². The van der Waals surface area contributed by atoms with Gasteiger partial charge in [0.05, 0.1) is 0 Å². The van der Waals surface area contributed by atoms with Gasteiger partial charge in [-0.05, 0) is 30.7 Å². The molecule has 0 unspecified atom stereocenters. The summed E-state index contributed by atoms with van der Waals surface area (Å²) in [7, 11) is 0. The average Bonchev–Trinajstić information content (AvgIpc) is 2.90. The molecular formula is C13H15N3OS. The van der Waals surface area contributed by atoms with E-state index in [4.69, 9.17) is 0 Å². The van der Waals surface area contributed by atoms with Gasteiger partial charge in [0.25, 0.3) is 5.91 Å². The third kappa shape index (κ3) is 2.25. The molecule has 0 bridgehead atoms. The van der Waals surface area contributed by atoms with Gasteiger partial charge in [0.15, 0.2) is 0 Å². The van der Waals surface area contributed by atoms with Crippen molar-refractivity contribution >= 4 is 27.8 Å². The second-order valence-corrected chi connectivity index (χ2v) is 5.32. The maximum absolute atomic E-state index is 11.7. The number of anilines is 1. The Bertz CT molecular complexity index is 518. The Labute approximate surface area is 110 Å². The number of nitrogens with one attached hydrogen (secondary N) is 2. The van der Waals surface area contributed by atoms with Crippen LogP contribution in [0.1, 0.15) is 11.3 Å². The molecule has 1 aromatic rings. The number of nitrogens with zero attached hydrogens (tertiary/aromatic N) is 1. The zero-order valence-corrected chi connectivity index (χ0v) is 10.8. The molecule has 0 atom stereocenters. The van der Waals surface area contributed by atoms with E-state index in [9.17, 15) is 4.79 Å². The molecule has 2 aliphatic rings. The third-order valence-electron chi connectivity index (χ3n) is 3.04. The summed E-state index contributed by atoms with van der Waals surface area (Å²) < 4.78 is 0. The Morgan fingerprint density at radius 1 is 1.28 bits per heavy atom. The van der Waals surface area contributed by atoms with Crippen molar-refractivity contribution in [3.05, 3.63) is 35.2 Å². The second kappa shape index (κ2) is 5.06. The Kier molecular flexibility index (Phi) is 3.27. The van der Waals surface area contributed by atoms with Crippen molar-refractivity contribution in [3.8, 4) is 0 Å². The summed E-state index contributed by atoms with van der Waals surface area (Å²) in [6.45, 7) is 2.67. The first-order valence-corrected chi connectivity index (χ1v) is 6.90. The molecule has 0 aromatic carbocycles. The van der Waals surface area contributed by atoms with Crippen LogP contribution >= 0.6 is 11.3 Å². The van der Waals surface area contributed by atoms with Crippen molar-refractivity contribution in [3.63, 3.8) is 0 Å². The Balaban J connectivity index is 1.83. The smallest absolute Gasteiger partial charge is 0.265 e. The van der Waals surface area contributed by atoms with Gasteiger partial charge in [-0.15, -0.1) is 11.3 Å². The highest BCUT2D eigenvalue weighted by Gasteiger charge is 2.18. The van der Waals surface area contributed by atoms with Gasteiger partial charge in [-0.3, -0.25) is 4.79 Å². The van der Waals surface area contributed by atoms with Gasteiger partial charge < -0.3 is 5.32 Å². The Morgan fingerprint density at radius 3 is 3.00 bits per heavy atom. The maximum Gasteiger partial charge on any atom is 0.265 e. The first-order chi connectivity index (χ1) is 8.84. The molecule has 2 N–H and O–H groups in total. The van der Waals surface area contributed by atoms with Crippen LogP contribution in [0.15, 0.2) is 30.4 Å². The molecule has 0 saturated heterocycles. The van der Waals surface area contributed by atoms with Crippen LogP contribution in [0, 0.1) is 0 Å². The molecule has 1 amide bonds. The molecule has 3 heterocycles. The van der Waals surface area contributed by atoms with Gasteiger partial charge >= 0.3 is 0 Å². The molecule has 0 fully saturated rings. The Morgan fingerprint density at radius 2 is 2.22 bits per heavy atom. The van der Waals surface area contributed by atoms with Crippen LogP contribution in [0.5, 0.6) is 0 Å². The number of rotatable bonds is 2. The van der Waals surface area contributed by atoms with Gasteiger partial charge in [-0.1, -0.05) is 12.2 Å². The molecule has 3 rings (SSSR count). The van der Waals surface area contributed by atoms with Crippen molar-refractivity contribution in [1.82, 2.24) is 10.7 Å². The van der Waals surface area contributed by atoms with Crippen molar-refractivity contribution in [2.45, 2.75) is 6.42 Å². The summed E-state index contributed by atoms with van der Waals surface area (Å²) in [5.74, 6) is -0.00561. The van der Waals surface area contributed by atoms with Crippen LogP contribution in [0.3, 0.4) is 0 Å². The molecule has 0 spiro atoms. The number of hydrogen-bond acceptors (Lipinski definition) is 4. The number of hydrazine groups is 1. The van der Waals surface area contributed by atoms with E-state index in [0.717, 1.165) is 24.5 Å². The van der Waals surface area contributed by atoms with Gasteiger partial charge in [-0.25, -0.2) is 10.4 Å². The van der Waals surface area contributed by atoms with E-state index in [1.165, 1.54) is 10.5 Å². The van der Waals surface area contributed by atoms with E-state index in [1.807, 2.05) is 12.1 Å². The lowest BCUT2D eigenvalue weighted by atomic mass is 10.1. The number of carbonyl (C=O) groups excluding carboxylic acids is 1. The standard InChI is InChI=1S/C13H15N3OS/c17-12-2-1-7-15-16(12)13-4-3-11(18-13)10-5-8-14-9-6-10/h1-5,14-15H,6-9H2. The van der Waals surface area contributed by atoms with E-state index >= 15 is 0 Å². The Hall–Kier alpha value is -1.43. The second-order valence-electron chi connectivity index (χ2n) is 4.26. The highest BCUT2D eigenvalue weighted by atomic mass is 32.1. The van der Waals surface area contributed by atoms with Crippen LogP contribution in [0.2, 0.25) is 0 Å². The van der Waals surface area contributed by atoms with Crippen LogP contribution in [-0.2, 0) is 4.79 Å². The van der Waals surface area contributed by atoms with Gasteiger partial charge in [-0.2, -0.15) is 0 Å². The van der Waals surface area contributed by atoms with E-state index in [-0.39, 0.29) is 5.91 Å². The summed E-state index contributed by atoms with van der Waals surface area (Å²) in [4.78, 5) is 13.0. The third-order valence-corrected chi connectivity index (χ3v) is 4.19. The van der Waals surface area contributed by atoms with Crippen molar-refractivity contribution in [2.24, 2.45) is 0 Å². The minimum atomic E-state index is -0.00561. The summed E-state index contributed by atoms with van der Waals surface area (Å²) in [5.41, 5.74) is 4.46. The predicted octanol–water partition coefficient (Wildman–Crippen LogP) is 1.53. The molecule has 0 radical (unpaired) electrons. The zero-order valence-electron chi connectivity index (χ0n) is 9.98. The summed E-state index contributed by atoms with van der Waals surface area (Å²) in [5, 5.41) is 5.88. The lowest BCUT2D eigenvalue weighted by Crippen LogP contribution is -2.44. The van der Waals surface area contributed by atoms with Crippen molar-refractivity contribution < 1.29 is 4.79 Å². The lowest BCUT2D eigenvalue weighted by molar-refractivity contribution is -0.115. The molecule has 0 saturated carbocycles. The summed E-state index contributed by atoms with van der Waals surface area (Å²) in [6, 6.07) is 4.11. The van der Waals surface area contributed by atoms with Crippen molar-refractivity contribution in [2.75, 3.05) is 24.6 Å². The molecule has 0 aliphatic carbocycles. The largest absolute Gasteiger partial charge is 0.313 e. The van der Waals surface area contributed by atoms with Gasteiger partial charge in [0, 0.05) is 24.0 Å². The highest BCUT2D eigenvalue weighted by molar-refractivity contribution is 7.17. The normalized spacial score (nSPS) is 20.1. The van der Waals surface area contributed by atoms with E-state index in [0.29, 0.717) is 6.54 Å². The molecule has 2 aliphatic heterocycles. The fourth-order valence-electron chi connectivity index (χ4n) is 2.11. The van der Waals surface area contributed by atoms with E-state index in [2.05, 4.69) is 22.9 Å². The zero-order chi connectivity index (χ0) is 12.4. The minimum absolute atomic E-state index is 0.00561. The first-order valence-electron chi connectivity index (χ1n) is 6.09. The number of carbonyl (C=O) groups is 1. The molecule has 94 valence electrons. The lowest BCUT2D eigenvalue weighted by Gasteiger charge is -2.22. The number of thiophene rings is 1. The quantitative estimate of drug-likeness (QED) is 0.848. The molecular weight excluding hydrogens is 246 g/mol. The topological polar surface area (TPSA) is 44.4 Å². The monoisotopic (exact) mass is 261 g/mol. The molecule has 18 heavy (non-hydrogen) atoms. The fraction of sp³-hybridized carbons (Fsp3) is 0.308. The van der Waals surface area contributed by atoms with E-state index in [1.54, 1.807) is 22.4 Å². The first kappa shape index (κ1) is 11.6. The van der Waals surface area contributed by atoms with Crippen LogP contribution in [-0.4, -0.2) is 25.5 Å². The predicted molar refractivity (Wildman–Crippen MR) is 74.4 cm³/mol. The van der Waals surface area contributed by atoms with E-state index < -0.39 is 0 Å². The van der Waals surface area contributed by atoms with Crippen LogP contribution < -0.4 is 15.8 Å². The SMILES string of the molecule is O=C1C=CCNN1c1ccc(C2=CCNCC2)s1. The number of hydrogen-bond donors (Lipinski definition) is 2. The highest BCUT2D eigenvalue weighted by Crippen LogP contribution is 2.32. The fourth-order valence-corrected chi connectivity index (χ4v) is 3.17. The number of amides is 1.